The van der Waals surface area contributed by atoms with E-state index in [1.54, 1.807) is 0 Å². The monoisotopic (exact) mass is 953 g/mol. The zero-order chi connectivity index (χ0) is 46.4. The number of hydrogen-bond donors (Lipinski definition) is 0. The van der Waals surface area contributed by atoms with Crippen LogP contribution in [0, 0.1) is 0 Å². The molecule has 0 unspecified atom stereocenters. The van der Waals surface area contributed by atoms with Crippen LogP contribution in [0.25, 0.3) is 0 Å². The molecule has 65 heavy (non-hydrogen) atoms. The van der Waals surface area contributed by atoms with E-state index in [1.807, 2.05) is 0 Å². The van der Waals surface area contributed by atoms with Crippen molar-refractivity contribution in [3.63, 3.8) is 0 Å². The van der Waals surface area contributed by atoms with Crippen molar-refractivity contribution in [2.75, 3.05) is 13.2 Å². The van der Waals surface area contributed by atoms with Crippen LogP contribution in [0.2, 0.25) is 0 Å². The molecule has 0 spiro atoms. The summed E-state index contributed by atoms with van der Waals surface area (Å²) in [5.41, 5.74) is -0.783. The minimum Gasteiger partial charge on any atom is -0.744 e. The molecule has 0 heterocycles. The van der Waals surface area contributed by atoms with Gasteiger partial charge in [0.25, 0.3) is 0 Å². The number of hydrogen-bond acceptors (Lipinski definition) is 7. The first-order valence-electron chi connectivity index (χ1n) is 27.1. The van der Waals surface area contributed by atoms with Crippen molar-refractivity contribution in [3.8, 4) is 0 Å². The maximum atomic E-state index is 13.1. The van der Waals surface area contributed by atoms with Gasteiger partial charge in [0.2, 0.25) is 0 Å². The molecule has 370 valence electrons. The van der Waals surface area contributed by atoms with E-state index in [-0.39, 0.29) is 70.2 Å². The van der Waals surface area contributed by atoms with Crippen LogP contribution in [0.4, 0.5) is 0 Å². The molecule has 0 bridgehead atoms. The van der Waals surface area contributed by atoms with Gasteiger partial charge in [-0.1, -0.05) is 237 Å². The SMILES string of the molecule is CCCCCCCCCCCCCC/C=C/CCCCCCCCOC(=O)c1cccc(S(=O)(=O)[O-])c1C(=O)OCCCCCCCC/C=C/CCCCCCCCCCCCCC.[K+]. The Kier molecular flexibility index (Phi) is 47.6. The standard InChI is InChI=1S/C56H98O7S.K/c1-3-5-7-9-11-13-15-17-19-21-23-25-27-29-31-33-35-37-39-41-43-45-50-62-55(57)52-48-47-49-53(64(59,60)61)54(52)56(58)63-51-46-44-42-40-38-36-34-32-30-28-26-24-22-20-18-16-14-12-10-8-6-4-2;/h29-32,47-49H,3-28,33-46,50-51H2,1-2H3,(H,59,60,61);/q;+1/p-1/b31-29+,32-30+;. The Morgan fingerprint density at radius 3 is 1.02 bits per heavy atom. The van der Waals surface area contributed by atoms with Crippen molar-refractivity contribution < 1.29 is 83.4 Å². The van der Waals surface area contributed by atoms with Gasteiger partial charge in [-0.15, -0.1) is 0 Å². The Morgan fingerprint density at radius 1 is 0.431 bits per heavy atom. The fraction of sp³-hybridized carbons (Fsp3) is 0.786. The number of benzene rings is 1. The van der Waals surface area contributed by atoms with Crippen molar-refractivity contribution in [2.24, 2.45) is 0 Å². The van der Waals surface area contributed by atoms with Crippen LogP contribution in [0.1, 0.15) is 291 Å². The molecule has 1 aromatic rings. The molecule has 0 atom stereocenters. The Bertz CT molecular complexity index is 1410. The minimum absolute atomic E-state index is 0. The summed E-state index contributed by atoms with van der Waals surface area (Å²) in [6.07, 6.45) is 59.1. The molecule has 0 saturated carbocycles. The second-order valence-corrected chi connectivity index (χ2v) is 19.9. The Morgan fingerprint density at radius 2 is 0.708 bits per heavy atom. The van der Waals surface area contributed by atoms with Crippen LogP contribution in [0.15, 0.2) is 47.4 Å². The van der Waals surface area contributed by atoms with E-state index in [1.165, 1.54) is 198 Å². The molecule has 0 aromatic heterocycles. The number of carbonyl (C=O) groups is 2. The molecule has 7 nitrogen and oxygen atoms in total. The number of carbonyl (C=O) groups excluding carboxylic acids is 2. The number of ether oxygens (including phenoxy) is 2. The molecular formula is C56H97KO7S. The van der Waals surface area contributed by atoms with Crippen LogP contribution in [0.5, 0.6) is 0 Å². The van der Waals surface area contributed by atoms with Crippen molar-refractivity contribution >= 4 is 22.1 Å². The van der Waals surface area contributed by atoms with Gasteiger partial charge in [0.15, 0.2) is 0 Å². The third-order valence-corrected chi connectivity index (χ3v) is 13.4. The van der Waals surface area contributed by atoms with E-state index in [0.717, 1.165) is 63.9 Å². The summed E-state index contributed by atoms with van der Waals surface area (Å²) in [5.74, 6) is -1.82. The first-order chi connectivity index (χ1) is 31.3. The van der Waals surface area contributed by atoms with Gasteiger partial charge in [-0.3, -0.25) is 0 Å². The quantitative estimate of drug-likeness (QED) is 0.0210. The van der Waals surface area contributed by atoms with Gasteiger partial charge in [-0.25, -0.2) is 18.0 Å². The Balaban J connectivity index is 0.0000410. The number of esters is 2. The van der Waals surface area contributed by atoms with Crippen molar-refractivity contribution in [1.82, 2.24) is 0 Å². The summed E-state index contributed by atoms with van der Waals surface area (Å²) in [5, 5.41) is 0. The van der Waals surface area contributed by atoms with E-state index in [9.17, 15) is 22.6 Å². The normalized spacial score (nSPS) is 11.7. The number of rotatable bonds is 47. The van der Waals surface area contributed by atoms with E-state index in [2.05, 4.69) is 38.2 Å². The maximum absolute atomic E-state index is 13.1. The van der Waals surface area contributed by atoms with Crippen LogP contribution in [0.3, 0.4) is 0 Å². The third-order valence-electron chi connectivity index (χ3n) is 12.5. The van der Waals surface area contributed by atoms with E-state index in [0.29, 0.717) is 12.8 Å². The molecule has 0 aliphatic heterocycles. The molecule has 0 fully saturated rings. The molecule has 1 rings (SSSR count). The third kappa shape index (κ3) is 39.7. The van der Waals surface area contributed by atoms with Gasteiger partial charge < -0.3 is 14.0 Å². The molecular weight excluding hydrogens is 856 g/mol. The largest absolute Gasteiger partial charge is 1.00 e. The molecule has 0 amide bonds. The zero-order valence-electron chi connectivity index (χ0n) is 42.5. The van der Waals surface area contributed by atoms with Gasteiger partial charge in [0.05, 0.1) is 29.2 Å². The maximum Gasteiger partial charge on any atom is 1.00 e. The summed E-state index contributed by atoms with van der Waals surface area (Å²) in [6.45, 7) is 4.78. The molecule has 0 aliphatic carbocycles. The first kappa shape index (κ1) is 64.2. The summed E-state index contributed by atoms with van der Waals surface area (Å²) in [7, 11) is -5.03. The zero-order valence-corrected chi connectivity index (χ0v) is 46.4. The van der Waals surface area contributed by atoms with Crippen LogP contribution < -0.4 is 51.4 Å². The average Bonchev–Trinajstić information content (AvgIpc) is 3.28. The van der Waals surface area contributed by atoms with E-state index in [4.69, 9.17) is 9.47 Å². The molecule has 9 heteroatoms. The molecule has 0 radical (unpaired) electrons. The second kappa shape index (κ2) is 48.2. The van der Waals surface area contributed by atoms with Crippen LogP contribution in [-0.4, -0.2) is 38.1 Å². The van der Waals surface area contributed by atoms with Gasteiger partial charge in [-0.2, -0.15) is 0 Å². The molecule has 0 N–H and O–H groups in total. The molecule has 0 saturated heterocycles. The van der Waals surface area contributed by atoms with Gasteiger partial charge >= 0.3 is 63.3 Å². The summed E-state index contributed by atoms with van der Waals surface area (Å²) >= 11 is 0. The second-order valence-electron chi connectivity index (χ2n) is 18.5. The summed E-state index contributed by atoms with van der Waals surface area (Å²) < 4.78 is 47.0. The predicted octanol–water partition coefficient (Wildman–Crippen LogP) is 14.7. The fourth-order valence-electron chi connectivity index (χ4n) is 8.42. The first-order valence-corrected chi connectivity index (χ1v) is 28.5. The van der Waals surface area contributed by atoms with Crippen molar-refractivity contribution in [1.29, 1.82) is 0 Å². The van der Waals surface area contributed by atoms with Gasteiger partial charge in [0.1, 0.15) is 10.1 Å². The Hall–Kier alpha value is -0.814. The number of allylic oxidation sites excluding steroid dienone is 4. The van der Waals surface area contributed by atoms with Crippen LogP contribution in [-0.2, 0) is 19.6 Å². The fourth-order valence-corrected chi connectivity index (χ4v) is 9.11. The minimum atomic E-state index is -5.03. The van der Waals surface area contributed by atoms with Crippen molar-refractivity contribution in [3.05, 3.63) is 53.6 Å². The van der Waals surface area contributed by atoms with E-state index >= 15 is 0 Å². The summed E-state index contributed by atoms with van der Waals surface area (Å²) in [4.78, 5) is 25.3. The van der Waals surface area contributed by atoms with E-state index < -0.39 is 32.5 Å². The average molecular weight is 954 g/mol. The predicted molar refractivity (Wildman–Crippen MR) is 269 cm³/mol. The Labute approximate surface area is 443 Å². The number of unbranched alkanes of at least 4 members (excludes halogenated alkanes) is 36. The molecule has 1 aromatic carbocycles. The van der Waals surface area contributed by atoms with Gasteiger partial charge in [-0.05, 0) is 76.3 Å². The smallest absolute Gasteiger partial charge is 0.744 e. The van der Waals surface area contributed by atoms with Crippen LogP contribution >= 0.6 is 0 Å². The molecule has 0 aliphatic rings. The van der Waals surface area contributed by atoms with Gasteiger partial charge in [0, 0.05) is 0 Å². The topological polar surface area (TPSA) is 110 Å². The van der Waals surface area contributed by atoms with Crippen molar-refractivity contribution in [2.45, 2.75) is 276 Å². The summed E-state index contributed by atoms with van der Waals surface area (Å²) in [6, 6.07) is 3.64.